The van der Waals surface area contributed by atoms with Crippen molar-refractivity contribution in [2.45, 2.75) is 51.4 Å². The smallest absolute Gasteiger partial charge is 0.235 e. The van der Waals surface area contributed by atoms with Gasteiger partial charge < -0.3 is 5.11 Å². The molecule has 2 aromatic rings. The molecule has 0 saturated carbocycles. The van der Waals surface area contributed by atoms with E-state index in [0.717, 1.165) is 13.1 Å². The molecule has 29 heavy (non-hydrogen) atoms. The van der Waals surface area contributed by atoms with Crippen LogP contribution in [-0.4, -0.2) is 45.4 Å². The van der Waals surface area contributed by atoms with E-state index in [9.17, 15) is 14.7 Å². The zero-order valence-electron chi connectivity index (χ0n) is 17.2. The maximum absolute atomic E-state index is 12.5. The van der Waals surface area contributed by atoms with Crippen LogP contribution in [0.15, 0.2) is 60.7 Å². The number of aliphatic hydroxyl groups is 1. The van der Waals surface area contributed by atoms with Crippen molar-refractivity contribution >= 4 is 12.3 Å². The zero-order valence-corrected chi connectivity index (χ0v) is 17.2. The lowest BCUT2D eigenvalue weighted by Crippen LogP contribution is -2.40. The molecule has 1 N–H and O–H groups in total. The van der Waals surface area contributed by atoms with E-state index >= 15 is 0 Å². The number of rotatable bonds is 9. The summed E-state index contributed by atoms with van der Waals surface area (Å²) >= 11 is 0. The van der Waals surface area contributed by atoms with Gasteiger partial charge in [-0.1, -0.05) is 60.7 Å². The van der Waals surface area contributed by atoms with E-state index < -0.39 is 17.6 Å². The molecule has 5 nitrogen and oxygen atoms in total. The van der Waals surface area contributed by atoms with Gasteiger partial charge in [0.05, 0.1) is 12.0 Å². The van der Waals surface area contributed by atoms with Crippen molar-refractivity contribution in [3.8, 4) is 0 Å². The molecule has 1 aliphatic rings. The van der Waals surface area contributed by atoms with E-state index in [4.69, 9.17) is 0 Å². The second kappa shape index (κ2) is 9.33. The summed E-state index contributed by atoms with van der Waals surface area (Å²) in [5.74, 6) is -0.791. The van der Waals surface area contributed by atoms with E-state index in [0.29, 0.717) is 25.8 Å². The number of nitrogens with zero attached hydrogens (tertiary/aromatic N) is 2. The molecule has 5 heteroatoms. The van der Waals surface area contributed by atoms with Crippen molar-refractivity contribution in [1.29, 1.82) is 0 Å². The van der Waals surface area contributed by atoms with Gasteiger partial charge in [0.25, 0.3) is 0 Å². The Hall–Kier alpha value is -2.50. The predicted molar refractivity (Wildman–Crippen MR) is 113 cm³/mol. The topological polar surface area (TPSA) is 60.9 Å². The Labute approximate surface area is 172 Å². The average molecular weight is 395 g/mol. The average Bonchev–Trinajstić information content (AvgIpc) is 2.95. The van der Waals surface area contributed by atoms with Crippen molar-refractivity contribution in [3.05, 3.63) is 71.8 Å². The minimum absolute atomic E-state index is 0.268. The van der Waals surface area contributed by atoms with Gasteiger partial charge in [-0.25, -0.2) is 0 Å². The summed E-state index contributed by atoms with van der Waals surface area (Å²) in [5.41, 5.74) is 1.88. The van der Waals surface area contributed by atoms with Crippen LogP contribution in [0.3, 0.4) is 0 Å². The second-order valence-corrected chi connectivity index (χ2v) is 8.47. The van der Waals surface area contributed by atoms with Crippen molar-refractivity contribution in [2.75, 3.05) is 6.54 Å². The van der Waals surface area contributed by atoms with Gasteiger partial charge in [0, 0.05) is 25.2 Å². The van der Waals surface area contributed by atoms with Crippen LogP contribution >= 0.6 is 0 Å². The highest BCUT2D eigenvalue weighted by atomic mass is 16.3. The van der Waals surface area contributed by atoms with Crippen LogP contribution in [-0.2, 0) is 22.7 Å². The highest BCUT2D eigenvalue weighted by molar-refractivity contribution is 5.91. The fourth-order valence-electron chi connectivity index (χ4n) is 4.11. The molecule has 0 aromatic heterocycles. The molecule has 1 heterocycles. The number of carbonyl (C=O) groups excluding carboxylic acids is 2. The van der Waals surface area contributed by atoms with Crippen LogP contribution in [0.4, 0.5) is 0 Å². The Morgan fingerprint density at radius 3 is 2.03 bits per heavy atom. The first-order chi connectivity index (χ1) is 13.9. The van der Waals surface area contributed by atoms with E-state index in [1.165, 1.54) is 16.0 Å². The Morgan fingerprint density at radius 2 is 1.59 bits per heavy atom. The Bertz CT molecular complexity index is 766. The number of benzene rings is 2. The maximum atomic E-state index is 12.5. The normalized spacial score (nSPS) is 19.5. The van der Waals surface area contributed by atoms with Crippen LogP contribution in [0.25, 0.3) is 0 Å². The molecule has 0 radical (unpaired) electrons. The quantitative estimate of drug-likeness (QED) is 0.664. The summed E-state index contributed by atoms with van der Waals surface area (Å²) in [7, 11) is 0. The van der Waals surface area contributed by atoms with Gasteiger partial charge in [-0.2, -0.15) is 0 Å². The molecule has 2 amide bonds. The SMILES string of the molecule is CC1(C)CC(C(O)CCN(Cc2ccccc2)Cc2ccccc2)C(=O)N1C=O. The fourth-order valence-corrected chi connectivity index (χ4v) is 4.11. The van der Waals surface area contributed by atoms with Gasteiger partial charge >= 0.3 is 0 Å². The molecule has 2 unspecified atom stereocenters. The summed E-state index contributed by atoms with van der Waals surface area (Å²) in [5, 5.41) is 10.8. The summed E-state index contributed by atoms with van der Waals surface area (Å²) in [6.45, 7) is 5.93. The first kappa shape index (κ1) is 21.2. The van der Waals surface area contributed by atoms with Gasteiger partial charge in [0.1, 0.15) is 0 Å². The third kappa shape index (κ3) is 5.31. The van der Waals surface area contributed by atoms with E-state index in [1.807, 2.05) is 50.2 Å². The number of likely N-dealkylation sites (tertiary alicyclic amines) is 1. The lowest BCUT2D eigenvalue weighted by atomic mass is 9.91. The molecule has 0 spiro atoms. The monoisotopic (exact) mass is 394 g/mol. The largest absolute Gasteiger partial charge is 0.392 e. The minimum Gasteiger partial charge on any atom is -0.392 e. The van der Waals surface area contributed by atoms with Crippen LogP contribution in [0.1, 0.15) is 37.8 Å². The first-order valence-electron chi connectivity index (χ1n) is 10.2. The minimum atomic E-state index is -0.763. The van der Waals surface area contributed by atoms with Crippen molar-refractivity contribution in [3.63, 3.8) is 0 Å². The zero-order chi connectivity index (χ0) is 20.9. The highest BCUT2D eigenvalue weighted by Gasteiger charge is 2.47. The molecule has 154 valence electrons. The number of aliphatic hydroxyl groups excluding tert-OH is 1. The Kier molecular flexibility index (Phi) is 6.83. The fraction of sp³-hybridized carbons (Fsp3) is 0.417. The molecule has 2 aromatic carbocycles. The summed E-state index contributed by atoms with van der Waals surface area (Å²) in [6, 6.07) is 20.5. The molecule has 1 aliphatic heterocycles. The third-order valence-electron chi connectivity index (χ3n) is 5.74. The van der Waals surface area contributed by atoms with Crippen molar-refractivity contribution in [2.24, 2.45) is 5.92 Å². The van der Waals surface area contributed by atoms with Crippen LogP contribution in [0.5, 0.6) is 0 Å². The summed E-state index contributed by atoms with van der Waals surface area (Å²) in [4.78, 5) is 27.3. The molecular weight excluding hydrogens is 364 g/mol. The Balaban J connectivity index is 1.66. The van der Waals surface area contributed by atoms with Crippen molar-refractivity contribution < 1.29 is 14.7 Å². The lowest BCUT2D eigenvalue weighted by Gasteiger charge is -2.25. The van der Waals surface area contributed by atoms with Gasteiger partial charge in [-0.05, 0) is 37.8 Å². The van der Waals surface area contributed by atoms with Crippen LogP contribution in [0.2, 0.25) is 0 Å². The van der Waals surface area contributed by atoms with Gasteiger partial charge in [0.15, 0.2) is 0 Å². The Morgan fingerprint density at radius 1 is 1.07 bits per heavy atom. The second-order valence-electron chi connectivity index (χ2n) is 8.47. The maximum Gasteiger partial charge on any atom is 0.235 e. The van der Waals surface area contributed by atoms with E-state index in [-0.39, 0.29) is 5.91 Å². The molecule has 1 fully saturated rings. The van der Waals surface area contributed by atoms with Gasteiger partial charge in [-0.3, -0.25) is 19.4 Å². The van der Waals surface area contributed by atoms with Crippen LogP contribution < -0.4 is 0 Å². The molecule has 3 rings (SSSR count). The van der Waals surface area contributed by atoms with Gasteiger partial charge in [-0.15, -0.1) is 0 Å². The molecule has 2 atom stereocenters. The number of imide groups is 1. The standard InChI is InChI=1S/C24H30N2O3/c1-24(2)15-21(23(29)26(24)18-27)22(28)13-14-25(16-19-9-5-3-6-10-19)17-20-11-7-4-8-12-20/h3-12,18,21-22,28H,13-17H2,1-2H3. The van der Waals surface area contributed by atoms with Gasteiger partial charge in [0.2, 0.25) is 12.3 Å². The molecular formula is C24H30N2O3. The number of hydrogen-bond acceptors (Lipinski definition) is 4. The highest BCUT2D eigenvalue weighted by Crippen LogP contribution is 2.35. The van der Waals surface area contributed by atoms with E-state index in [2.05, 4.69) is 29.2 Å². The molecule has 1 saturated heterocycles. The van der Waals surface area contributed by atoms with Crippen LogP contribution in [0, 0.1) is 5.92 Å². The first-order valence-corrected chi connectivity index (χ1v) is 10.2. The predicted octanol–water partition coefficient (Wildman–Crippen LogP) is 3.22. The lowest BCUT2D eigenvalue weighted by molar-refractivity contribution is -0.142. The summed E-state index contributed by atoms with van der Waals surface area (Å²) in [6.07, 6.45) is 0.800. The number of hydrogen-bond donors (Lipinski definition) is 1. The van der Waals surface area contributed by atoms with Crippen molar-refractivity contribution in [1.82, 2.24) is 9.80 Å². The summed E-state index contributed by atoms with van der Waals surface area (Å²) < 4.78 is 0. The number of carbonyl (C=O) groups is 2. The molecule has 0 bridgehead atoms. The third-order valence-corrected chi connectivity index (χ3v) is 5.74. The molecule has 0 aliphatic carbocycles. The number of amides is 2. The van der Waals surface area contributed by atoms with E-state index in [1.54, 1.807) is 0 Å².